The average Bonchev–Trinajstić information content (AvgIpc) is 3.08. The minimum atomic E-state index is -0.294. The molecule has 3 rings (SSSR count). The molecule has 0 aromatic carbocycles. The maximum Gasteiger partial charge on any atom is 0.158 e. The summed E-state index contributed by atoms with van der Waals surface area (Å²) in [6.45, 7) is 4.36. The van der Waals surface area contributed by atoms with E-state index in [2.05, 4.69) is 40.2 Å². The summed E-state index contributed by atoms with van der Waals surface area (Å²) < 4.78 is 4.30. The monoisotopic (exact) mass is 316 g/mol. The van der Waals surface area contributed by atoms with Crippen LogP contribution in [-0.4, -0.2) is 24.4 Å². The number of nitrogens with zero attached hydrogens (tertiary/aromatic N) is 4. The van der Waals surface area contributed by atoms with Gasteiger partial charge in [-0.2, -0.15) is 0 Å². The summed E-state index contributed by atoms with van der Waals surface area (Å²) in [6, 6.07) is 1.95. The Bertz CT molecular complexity index is 648. The molecular formula is C18H28N4O. The Morgan fingerprint density at radius 1 is 1.17 bits per heavy atom. The van der Waals surface area contributed by atoms with E-state index in [1.165, 1.54) is 38.5 Å². The maximum atomic E-state index is 9.30. The van der Waals surface area contributed by atoms with E-state index in [0.29, 0.717) is 5.92 Å². The molecule has 2 aromatic rings. The number of hydrogen-bond acceptors (Lipinski definition) is 3. The first kappa shape index (κ1) is 16.2. The van der Waals surface area contributed by atoms with E-state index in [1.54, 1.807) is 0 Å². The second kappa shape index (κ2) is 6.48. The van der Waals surface area contributed by atoms with E-state index in [4.69, 9.17) is 0 Å². The van der Waals surface area contributed by atoms with Crippen LogP contribution in [0.3, 0.4) is 0 Å². The fraction of sp³-hybridized carbons (Fsp3) is 0.667. The van der Waals surface area contributed by atoms with Crippen molar-refractivity contribution in [3.05, 3.63) is 35.7 Å². The van der Waals surface area contributed by atoms with Crippen LogP contribution in [0.4, 0.5) is 0 Å². The van der Waals surface area contributed by atoms with Gasteiger partial charge < -0.3 is 14.2 Å². The number of aliphatic hydroxyl groups excluding tert-OH is 1. The molecule has 0 saturated heterocycles. The first-order chi connectivity index (χ1) is 11.0. The number of aliphatic hydroxyl groups is 1. The Morgan fingerprint density at radius 2 is 1.87 bits per heavy atom. The highest BCUT2D eigenvalue weighted by Gasteiger charge is 2.31. The van der Waals surface area contributed by atoms with Crippen LogP contribution in [0, 0.1) is 0 Å². The van der Waals surface area contributed by atoms with Gasteiger partial charge in [0.05, 0.1) is 12.1 Å². The van der Waals surface area contributed by atoms with Gasteiger partial charge in [-0.25, -0.2) is 0 Å². The van der Waals surface area contributed by atoms with Crippen molar-refractivity contribution in [2.24, 2.45) is 7.05 Å². The molecule has 0 amide bonds. The van der Waals surface area contributed by atoms with Gasteiger partial charge in [0.25, 0.3) is 0 Å². The zero-order valence-electron chi connectivity index (χ0n) is 14.5. The molecule has 2 aromatic heterocycles. The van der Waals surface area contributed by atoms with Gasteiger partial charge >= 0.3 is 0 Å². The summed E-state index contributed by atoms with van der Waals surface area (Å²) in [5, 5.41) is 18.4. The maximum absolute atomic E-state index is 9.30. The smallest absolute Gasteiger partial charge is 0.158 e. The van der Waals surface area contributed by atoms with E-state index in [9.17, 15) is 5.11 Å². The van der Waals surface area contributed by atoms with E-state index < -0.39 is 0 Å². The van der Waals surface area contributed by atoms with Crippen molar-refractivity contribution < 1.29 is 5.11 Å². The van der Waals surface area contributed by atoms with Crippen LogP contribution in [0.5, 0.6) is 0 Å². The van der Waals surface area contributed by atoms with Gasteiger partial charge in [-0.05, 0) is 38.3 Å². The molecule has 0 radical (unpaired) electrons. The fourth-order valence-corrected chi connectivity index (χ4v) is 3.76. The predicted octanol–water partition coefficient (Wildman–Crippen LogP) is 3.33. The van der Waals surface area contributed by atoms with Crippen molar-refractivity contribution in [1.29, 1.82) is 0 Å². The van der Waals surface area contributed by atoms with Crippen LogP contribution < -0.4 is 0 Å². The molecule has 2 heterocycles. The van der Waals surface area contributed by atoms with Crippen LogP contribution in [0.15, 0.2) is 18.5 Å². The largest absolute Gasteiger partial charge is 0.392 e. The van der Waals surface area contributed by atoms with Crippen molar-refractivity contribution in [1.82, 2.24) is 19.3 Å². The molecule has 0 aliphatic heterocycles. The van der Waals surface area contributed by atoms with Gasteiger partial charge in [0, 0.05) is 25.4 Å². The van der Waals surface area contributed by atoms with Crippen molar-refractivity contribution in [2.45, 2.75) is 70.4 Å². The van der Waals surface area contributed by atoms with Crippen LogP contribution in [-0.2, 0) is 19.2 Å². The summed E-state index contributed by atoms with van der Waals surface area (Å²) in [5.74, 6) is 2.64. The topological polar surface area (TPSA) is 55.9 Å². The molecule has 0 bridgehead atoms. The highest BCUT2D eigenvalue weighted by atomic mass is 16.3. The van der Waals surface area contributed by atoms with Crippen LogP contribution in [0.25, 0.3) is 0 Å². The lowest BCUT2D eigenvalue weighted by Crippen LogP contribution is -2.30. The molecule has 1 N–H and O–H groups in total. The van der Waals surface area contributed by atoms with Gasteiger partial charge in [-0.3, -0.25) is 0 Å². The number of hydrogen-bond donors (Lipinski definition) is 1. The quantitative estimate of drug-likeness (QED) is 0.880. The molecule has 5 heteroatoms. The summed E-state index contributed by atoms with van der Waals surface area (Å²) in [4.78, 5) is 0. The van der Waals surface area contributed by atoms with Crippen molar-refractivity contribution >= 4 is 0 Å². The summed E-state index contributed by atoms with van der Waals surface area (Å²) in [6.07, 6.45) is 11.7. The Hall–Kier alpha value is -1.62. The molecule has 5 nitrogen and oxygen atoms in total. The first-order valence-corrected chi connectivity index (χ1v) is 8.72. The lowest BCUT2D eigenvalue weighted by molar-refractivity contribution is 0.281. The molecule has 23 heavy (non-hydrogen) atoms. The fourth-order valence-electron chi connectivity index (χ4n) is 3.76. The molecule has 1 fully saturated rings. The molecule has 1 saturated carbocycles. The Morgan fingerprint density at radius 3 is 2.48 bits per heavy atom. The molecule has 0 unspecified atom stereocenters. The summed E-state index contributed by atoms with van der Waals surface area (Å²) >= 11 is 0. The lowest BCUT2D eigenvalue weighted by Gasteiger charge is -2.26. The summed E-state index contributed by atoms with van der Waals surface area (Å²) in [5.41, 5.74) is 0.627. The molecule has 0 spiro atoms. The Kier molecular flexibility index (Phi) is 4.57. The van der Waals surface area contributed by atoms with E-state index in [0.717, 1.165) is 17.2 Å². The Balaban J connectivity index is 1.90. The van der Waals surface area contributed by atoms with Crippen molar-refractivity contribution in [2.75, 3.05) is 0 Å². The highest BCUT2D eigenvalue weighted by molar-refractivity contribution is 5.17. The highest BCUT2D eigenvalue weighted by Crippen LogP contribution is 2.33. The van der Waals surface area contributed by atoms with E-state index in [-0.39, 0.29) is 12.1 Å². The second-order valence-electron chi connectivity index (χ2n) is 7.27. The number of aromatic nitrogens is 4. The third-order valence-electron chi connectivity index (χ3n) is 5.26. The molecular weight excluding hydrogens is 288 g/mol. The molecule has 126 valence electrons. The number of rotatable bonds is 4. The van der Waals surface area contributed by atoms with Gasteiger partial charge in [-0.15, -0.1) is 10.2 Å². The minimum absolute atomic E-state index is 0.0647. The average molecular weight is 316 g/mol. The second-order valence-corrected chi connectivity index (χ2v) is 7.27. The zero-order chi connectivity index (χ0) is 16.4. The van der Waals surface area contributed by atoms with E-state index in [1.807, 2.05) is 18.5 Å². The summed E-state index contributed by atoms with van der Waals surface area (Å²) in [7, 11) is 2.09. The van der Waals surface area contributed by atoms with Gasteiger partial charge in [-0.1, -0.05) is 25.7 Å². The molecule has 1 aliphatic rings. The standard InChI is InChI=1S/C18H28N4O/c1-18(2,22-11-10-14(12-22)13-23)17-20-19-16(21(17)3)15-8-6-4-5-7-9-15/h10-12,15,23H,4-9,13H2,1-3H3. The van der Waals surface area contributed by atoms with Gasteiger partial charge in [0.2, 0.25) is 0 Å². The van der Waals surface area contributed by atoms with Gasteiger partial charge in [0.1, 0.15) is 5.82 Å². The Labute approximate surface area is 138 Å². The van der Waals surface area contributed by atoms with Crippen LogP contribution >= 0.6 is 0 Å². The van der Waals surface area contributed by atoms with Crippen molar-refractivity contribution in [3.63, 3.8) is 0 Å². The predicted molar refractivity (Wildman–Crippen MR) is 90.2 cm³/mol. The van der Waals surface area contributed by atoms with E-state index >= 15 is 0 Å². The zero-order valence-corrected chi connectivity index (χ0v) is 14.5. The normalized spacial score (nSPS) is 17.4. The van der Waals surface area contributed by atoms with Crippen LogP contribution in [0.1, 0.15) is 75.5 Å². The molecule has 1 aliphatic carbocycles. The third kappa shape index (κ3) is 3.07. The first-order valence-electron chi connectivity index (χ1n) is 8.72. The van der Waals surface area contributed by atoms with Crippen LogP contribution in [0.2, 0.25) is 0 Å². The third-order valence-corrected chi connectivity index (χ3v) is 5.26. The SMILES string of the molecule is Cn1c(C2CCCCCC2)nnc1C(C)(C)n1ccc(CO)c1. The molecule has 0 atom stereocenters. The lowest BCUT2D eigenvalue weighted by atomic mass is 9.99. The minimum Gasteiger partial charge on any atom is -0.392 e. The van der Waals surface area contributed by atoms with Crippen molar-refractivity contribution in [3.8, 4) is 0 Å². The van der Waals surface area contributed by atoms with Gasteiger partial charge in [0.15, 0.2) is 5.82 Å².